The summed E-state index contributed by atoms with van der Waals surface area (Å²) in [5.74, 6) is 1.37. The fourth-order valence-electron chi connectivity index (χ4n) is 3.97. The molecule has 2 aliphatic rings. The molecule has 0 amide bonds. The van der Waals surface area contributed by atoms with Gasteiger partial charge in [0.05, 0.1) is 11.8 Å². The van der Waals surface area contributed by atoms with Crippen molar-refractivity contribution in [2.24, 2.45) is 9.98 Å². The molecule has 0 aromatic carbocycles. The van der Waals surface area contributed by atoms with Crippen molar-refractivity contribution in [1.29, 1.82) is 5.26 Å². The van der Waals surface area contributed by atoms with Gasteiger partial charge in [0.2, 0.25) is 0 Å². The van der Waals surface area contributed by atoms with Crippen molar-refractivity contribution in [2.45, 2.75) is 19.5 Å². The van der Waals surface area contributed by atoms with Gasteiger partial charge in [-0.1, -0.05) is 6.58 Å². The Morgan fingerprint density at radius 3 is 2.77 bits per heavy atom. The number of hydrogen-bond donors (Lipinski definition) is 1. The van der Waals surface area contributed by atoms with E-state index >= 15 is 0 Å². The van der Waals surface area contributed by atoms with Gasteiger partial charge in [-0.15, -0.1) is 0 Å². The van der Waals surface area contributed by atoms with E-state index in [2.05, 4.69) is 31.7 Å². The number of anilines is 1. The lowest BCUT2D eigenvalue weighted by Crippen LogP contribution is -2.52. The highest BCUT2D eigenvalue weighted by Gasteiger charge is 2.32. The second-order valence-corrected chi connectivity index (χ2v) is 7.89. The number of aryl methyl sites for hydroxylation is 1. The van der Waals surface area contributed by atoms with Crippen LogP contribution in [0.1, 0.15) is 28.9 Å². The number of amidine groups is 1. The molecule has 5 heterocycles. The van der Waals surface area contributed by atoms with Gasteiger partial charge in [-0.05, 0) is 31.2 Å². The molecule has 0 radical (unpaired) electrons. The number of β-amino-alcohol motifs (C(OH)–C–C–N with tert-alkyl or cyclic N) is 1. The van der Waals surface area contributed by atoms with Gasteiger partial charge >= 0.3 is 0 Å². The Labute approximate surface area is 198 Å². The lowest BCUT2D eigenvalue weighted by molar-refractivity contribution is 0.139. The first kappa shape index (κ1) is 22.3. The van der Waals surface area contributed by atoms with Gasteiger partial charge < -0.3 is 10.0 Å². The number of fused-ring (bicyclic) bond motifs is 1. The highest BCUT2D eigenvalue weighted by Crippen LogP contribution is 2.34. The number of nitriles is 1. The van der Waals surface area contributed by atoms with Crippen molar-refractivity contribution in [1.82, 2.24) is 24.4 Å². The number of rotatable bonds is 4. The number of dihydropyridines is 1. The summed E-state index contributed by atoms with van der Waals surface area (Å²) in [6.07, 6.45) is 6.61. The molecule has 1 fully saturated rings. The van der Waals surface area contributed by atoms with Gasteiger partial charge in [0, 0.05) is 42.8 Å². The lowest BCUT2D eigenvalue weighted by atomic mass is 10.0. The van der Waals surface area contributed by atoms with E-state index in [0.717, 1.165) is 0 Å². The molecule has 5 rings (SSSR count). The molecule has 2 aliphatic heterocycles. The van der Waals surface area contributed by atoms with Crippen LogP contribution in [-0.2, 0) is 0 Å². The van der Waals surface area contributed by atoms with Crippen LogP contribution in [0.5, 0.6) is 0 Å². The predicted octanol–water partition coefficient (Wildman–Crippen LogP) is 2.67. The van der Waals surface area contributed by atoms with Crippen LogP contribution in [0.3, 0.4) is 0 Å². The van der Waals surface area contributed by atoms with Crippen molar-refractivity contribution in [2.75, 3.05) is 18.0 Å². The van der Waals surface area contributed by atoms with Gasteiger partial charge in [-0.2, -0.15) is 20.0 Å². The maximum Gasteiger partial charge on any atom is 0.283 e. The molecule has 3 aromatic rings. The first-order valence-corrected chi connectivity index (χ1v) is 10.6. The summed E-state index contributed by atoms with van der Waals surface area (Å²) in [7, 11) is 0. The fraction of sp³-hybridized carbons (Fsp3) is 0.217. The van der Waals surface area contributed by atoms with Gasteiger partial charge in [0.25, 0.3) is 6.43 Å². The fourth-order valence-corrected chi connectivity index (χ4v) is 3.97. The summed E-state index contributed by atoms with van der Waals surface area (Å²) in [6, 6.07) is 3.58. The van der Waals surface area contributed by atoms with Gasteiger partial charge in [0.15, 0.2) is 17.3 Å². The zero-order valence-corrected chi connectivity index (χ0v) is 18.5. The SMILES string of the molecule is C=CN=C1N=C(n2cccn2)C=C/C1=C\c1c(C)nc2c(C#N)c(C(F)F)nn2c1N1CC(O)C1. The molecule has 176 valence electrons. The number of alkyl halides is 2. The third kappa shape index (κ3) is 3.81. The summed E-state index contributed by atoms with van der Waals surface area (Å²) < 4.78 is 30.1. The summed E-state index contributed by atoms with van der Waals surface area (Å²) in [6.45, 7) is 5.95. The van der Waals surface area contributed by atoms with Gasteiger partial charge in [0.1, 0.15) is 23.1 Å². The third-order valence-corrected chi connectivity index (χ3v) is 5.62. The molecule has 0 unspecified atom stereocenters. The molecule has 0 saturated carbocycles. The maximum atomic E-state index is 13.6. The van der Waals surface area contributed by atoms with Crippen LogP contribution in [-0.4, -0.2) is 60.3 Å². The molecule has 0 spiro atoms. The lowest BCUT2D eigenvalue weighted by Gasteiger charge is -2.38. The standard InChI is InChI=1S/C23H19F2N9O/c1-3-27-21-14(5-6-18(30-21)33-8-4-7-28-33)9-16-13(2)29-22-17(10-26)19(20(24)25)31-34(22)23(16)32-11-15(35)12-32/h3-9,15,20,35H,1,11-12H2,2H3/b14-9+,27-21?. The average molecular weight is 475 g/mol. The molecule has 1 N–H and O–H groups in total. The molecule has 0 atom stereocenters. The summed E-state index contributed by atoms with van der Waals surface area (Å²) >= 11 is 0. The Bertz CT molecular complexity index is 1480. The normalized spacial score (nSPS) is 18.4. The minimum atomic E-state index is -2.94. The van der Waals surface area contributed by atoms with Crippen molar-refractivity contribution < 1.29 is 13.9 Å². The van der Waals surface area contributed by atoms with E-state index in [1.54, 1.807) is 59.3 Å². The van der Waals surface area contributed by atoms with E-state index in [1.165, 1.54) is 10.7 Å². The van der Waals surface area contributed by atoms with Crippen LogP contribution in [0.25, 0.3) is 11.7 Å². The number of aliphatic imine (C=N–C) groups is 2. The number of hydrogen-bond acceptors (Lipinski definition) is 7. The van der Waals surface area contributed by atoms with Gasteiger partial charge in [-0.3, -0.25) is 0 Å². The van der Waals surface area contributed by atoms with E-state index in [-0.39, 0.29) is 24.3 Å². The molecule has 1 saturated heterocycles. The third-order valence-electron chi connectivity index (χ3n) is 5.62. The monoisotopic (exact) mass is 475 g/mol. The number of allylic oxidation sites excluding steroid dienone is 1. The van der Waals surface area contributed by atoms with Crippen LogP contribution < -0.4 is 4.90 Å². The summed E-state index contributed by atoms with van der Waals surface area (Å²) in [5.41, 5.74) is 0.820. The number of halogens is 2. The smallest absolute Gasteiger partial charge is 0.283 e. The van der Waals surface area contributed by atoms with Crippen molar-refractivity contribution in [3.63, 3.8) is 0 Å². The Hall–Kier alpha value is -4.50. The molecule has 35 heavy (non-hydrogen) atoms. The van der Waals surface area contributed by atoms with E-state index in [9.17, 15) is 19.1 Å². The van der Waals surface area contributed by atoms with Crippen LogP contribution in [0.15, 0.2) is 58.9 Å². The van der Waals surface area contributed by atoms with Crippen molar-refractivity contribution in [3.05, 3.63) is 71.5 Å². The number of aliphatic hydroxyl groups excluding tert-OH is 1. The molecule has 0 aliphatic carbocycles. The van der Waals surface area contributed by atoms with Crippen LogP contribution in [0.4, 0.5) is 14.6 Å². The summed E-state index contributed by atoms with van der Waals surface area (Å²) in [4.78, 5) is 15.1. The largest absolute Gasteiger partial charge is 0.389 e. The topological polar surface area (TPSA) is 120 Å². The minimum absolute atomic E-state index is 0.0389. The van der Waals surface area contributed by atoms with Crippen LogP contribution >= 0.6 is 0 Å². The van der Waals surface area contributed by atoms with E-state index < -0.39 is 18.2 Å². The molecule has 12 heteroatoms. The quantitative estimate of drug-likeness (QED) is 0.620. The van der Waals surface area contributed by atoms with E-state index in [4.69, 9.17) is 0 Å². The van der Waals surface area contributed by atoms with Crippen LogP contribution in [0.2, 0.25) is 0 Å². The van der Waals surface area contributed by atoms with Gasteiger partial charge in [-0.25, -0.2) is 28.4 Å². The molecular weight excluding hydrogens is 456 g/mol. The number of aromatic nitrogens is 5. The second kappa shape index (κ2) is 8.69. The maximum absolute atomic E-state index is 13.6. The van der Waals surface area contributed by atoms with E-state index in [1.807, 2.05) is 0 Å². The van der Waals surface area contributed by atoms with Crippen molar-refractivity contribution in [3.8, 4) is 6.07 Å². The molecule has 10 nitrogen and oxygen atoms in total. The predicted molar refractivity (Wildman–Crippen MR) is 125 cm³/mol. The Balaban J connectivity index is 1.70. The van der Waals surface area contributed by atoms with E-state index in [0.29, 0.717) is 34.3 Å². The Morgan fingerprint density at radius 1 is 1.34 bits per heavy atom. The van der Waals surface area contributed by atoms with Crippen molar-refractivity contribution >= 4 is 29.2 Å². The molecule has 0 bridgehead atoms. The number of aliphatic hydroxyl groups is 1. The summed E-state index contributed by atoms with van der Waals surface area (Å²) in [5, 5.41) is 27.6. The Kier molecular flexibility index (Phi) is 5.54. The zero-order chi connectivity index (χ0) is 24.7. The first-order valence-electron chi connectivity index (χ1n) is 10.6. The van der Waals surface area contributed by atoms with Crippen LogP contribution in [0, 0.1) is 18.3 Å². The minimum Gasteiger partial charge on any atom is -0.389 e. The molecular formula is C23H19F2N9O. The highest BCUT2D eigenvalue weighted by atomic mass is 19.3. The molecule has 3 aromatic heterocycles. The first-order chi connectivity index (χ1) is 16.9. The average Bonchev–Trinajstić information content (AvgIpc) is 3.47. The highest BCUT2D eigenvalue weighted by molar-refractivity contribution is 6.16. The Morgan fingerprint density at radius 2 is 2.14 bits per heavy atom. The zero-order valence-electron chi connectivity index (χ0n) is 18.5. The number of nitrogens with zero attached hydrogens (tertiary/aromatic N) is 9. The second-order valence-electron chi connectivity index (χ2n) is 7.89.